The van der Waals surface area contributed by atoms with Crippen molar-refractivity contribution < 1.29 is 9.84 Å². The molecule has 0 fully saturated rings. The first kappa shape index (κ1) is 13.7. The number of nitrogens with two attached hydrogens (primary N) is 1. The van der Waals surface area contributed by atoms with Crippen LogP contribution in [0.1, 0.15) is 11.7 Å². The fourth-order valence-electron chi connectivity index (χ4n) is 1.03. The van der Waals surface area contributed by atoms with E-state index in [1.165, 1.54) is 0 Å². The fourth-order valence-corrected chi connectivity index (χ4v) is 1.58. The molecule has 0 aliphatic rings. The van der Waals surface area contributed by atoms with Crippen molar-refractivity contribution in [3.05, 3.63) is 28.2 Å². The summed E-state index contributed by atoms with van der Waals surface area (Å²) >= 11 is 3.33. The maximum absolute atomic E-state index is 9.43. The SMILES string of the molecule is COc1ccc([C@H](O)CN)cc1Br.Cl. The number of ether oxygens (including phenoxy) is 1. The molecule has 1 aromatic rings. The van der Waals surface area contributed by atoms with Crippen LogP contribution in [0.4, 0.5) is 0 Å². The Balaban J connectivity index is 0.00000169. The van der Waals surface area contributed by atoms with Gasteiger partial charge in [-0.3, -0.25) is 0 Å². The summed E-state index contributed by atoms with van der Waals surface area (Å²) in [6.07, 6.45) is -0.609. The van der Waals surface area contributed by atoms with Crippen molar-refractivity contribution >= 4 is 28.3 Å². The molecule has 0 aliphatic heterocycles. The largest absolute Gasteiger partial charge is 0.496 e. The van der Waals surface area contributed by atoms with E-state index in [2.05, 4.69) is 15.9 Å². The van der Waals surface area contributed by atoms with E-state index in [4.69, 9.17) is 10.5 Å². The third kappa shape index (κ3) is 3.13. The minimum Gasteiger partial charge on any atom is -0.496 e. The van der Waals surface area contributed by atoms with Crippen molar-refractivity contribution in [1.82, 2.24) is 0 Å². The van der Waals surface area contributed by atoms with Crippen LogP contribution in [0.5, 0.6) is 5.75 Å². The Kier molecular flexibility index (Phi) is 6.11. The first-order valence-electron chi connectivity index (χ1n) is 3.90. The summed E-state index contributed by atoms with van der Waals surface area (Å²) in [4.78, 5) is 0. The topological polar surface area (TPSA) is 55.5 Å². The molecule has 0 aromatic heterocycles. The molecular formula is C9H13BrClNO2. The Morgan fingerprint density at radius 3 is 2.64 bits per heavy atom. The standard InChI is InChI=1S/C9H12BrNO2.ClH/c1-13-9-3-2-6(4-7(9)10)8(12)5-11;/h2-4,8,12H,5,11H2,1H3;1H/t8-;/m1./s1. The molecule has 3 N–H and O–H groups in total. The van der Waals surface area contributed by atoms with Gasteiger partial charge in [0.25, 0.3) is 0 Å². The molecule has 80 valence electrons. The van der Waals surface area contributed by atoms with E-state index >= 15 is 0 Å². The summed E-state index contributed by atoms with van der Waals surface area (Å²) in [6.45, 7) is 0.221. The minimum atomic E-state index is -0.609. The number of aliphatic hydroxyl groups is 1. The van der Waals surface area contributed by atoms with Crippen molar-refractivity contribution in [3.63, 3.8) is 0 Å². The van der Waals surface area contributed by atoms with Crippen LogP contribution in [0, 0.1) is 0 Å². The molecule has 0 bridgehead atoms. The maximum Gasteiger partial charge on any atom is 0.133 e. The average Bonchev–Trinajstić information content (AvgIpc) is 2.16. The zero-order chi connectivity index (χ0) is 9.84. The summed E-state index contributed by atoms with van der Waals surface area (Å²) in [6, 6.07) is 5.38. The van der Waals surface area contributed by atoms with E-state index in [1.54, 1.807) is 25.3 Å². The van der Waals surface area contributed by atoms with Crippen molar-refractivity contribution in [2.45, 2.75) is 6.10 Å². The van der Waals surface area contributed by atoms with Crippen LogP contribution in [-0.2, 0) is 0 Å². The Hall–Kier alpha value is -0.290. The van der Waals surface area contributed by atoms with E-state index in [0.29, 0.717) is 0 Å². The van der Waals surface area contributed by atoms with Gasteiger partial charge in [-0.1, -0.05) is 6.07 Å². The first-order chi connectivity index (χ1) is 6.19. The quantitative estimate of drug-likeness (QED) is 0.890. The molecular weight excluding hydrogens is 269 g/mol. The van der Waals surface area contributed by atoms with Gasteiger partial charge in [-0.05, 0) is 33.6 Å². The van der Waals surface area contributed by atoms with Crippen LogP contribution in [0.3, 0.4) is 0 Å². The third-order valence-electron chi connectivity index (χ3n) is 1.78. The van der Waals surface area contributed by atoms with Crippen LogP contribution >= 0.6 is 28.3 Å². The van der Waals surface area contributed by atoms with E-state index in [1.807, 2.05) is 0 Å². The molecule has 0 saturated heterocycles. The second-order valence-electron chi connectivity index (χ2n) is 2.65. The Labute approximate surface area is 97.8 Å². The zero-order valence-electron chi connectivity index (χ0n) is 7.74. The van der Waals surface area contributed by atoms with E-state index < -0.39 is 6.10 Å². The van der Waals surface area contributed by atoms with E-state index in [9.17, 15) is 5.11 Å². The lowest BCUT2D eigenvalue weighted by Crippen LogP contribution is -2.11. The van der Waals surface area contributed by atoms with Crippen molar-refractivity contribution in [2.24, 2.45) is 5.73 Å². The average molecular weight is 283 g/mol. The normalized spacial score (nSPS) is 11.7. The van der Waals surface area contributed by atoms with Gasteiger partial charge in [0.15, 0.2) is 0 Å². The van der Waals surface area contributed by atoms with E-state index in [-0.39, 0.29) is 19.0 Å². The van der Waals surface area contributed by atoms with Gasteiger partial charge in [-0.15, -0.1) is 12.4 Å². The highest BCUT2D eigenvalue weighted by Crippen LogP contribution is 2.27. The van der Waals surface area contributed by atoms with Crippen LogP contribution in [0.25, 0.3) is 0 Å². The highest BCUT2D eigenvalue weighted by atomic mass is 79.9. The van der Waals surface area contributed by atoms with Crippen LogP contribution in [0.2, 0.25) is 0 Å². The smallest absolute Gasteiger partial charge is 0.133 e. The number of benzene rings is 1. The highest BCUT2D eigenvalue weighted by molar-refractivity contribution is 9.10. The van der Waals surface area contributed by atoms with Gasteiger partial charge in [0.05, 0.1) is 17.7 Å². The van der Waals surface area contributed by atoms with E-state index in [0.717, 1.165) is 15.8 Å². The molecule has 0 amide bonds. The van der Waals surface area contributed by atoms with Gasteiger partial charge >= 0.3 is 0 Å². The van der Waals surface area contributed by atoms with Gasteiger partial charge in [0.2, 0.25) is 0 Å². The zero-order valence-corrected chi connectivity index (χ0v) is 10.1. The van der Waals surface area contributed by atoms with Crippen molar-refractivity contribution in [1.29, 1.82) is 0 Å². The molecule has 0 unspecified atom stereocenters. The molecule has 0 aliphatic carbocycles. The van der Waals surface area contributed by atoms with Gasteiger partial charge in [-0.25, -0.2) is 0 Å². The van der Waals surface area contributed by atoms with Crippen LogP contribution < -0.4 is 10.5 Å². The molecule has 1 aromatic carbocycles. The lowest BCUT2D eigenvalue weighted by molar-refractivity contribution is 0.186. The first-order valence-corrected chi connectivity index (χ1v) is 4.70. The monoisotopic (exact) mass is 281 g/mol. The summed E-state index contributed by atoms with van der Waals surface area (Å²) in [5.74, 6) is 0.743. The number of methoxy groups -OCH3 is 1. The summed E-state index contributed by atoms with van der Waals surface area (Å²) in [7, 11) is 1.60. The van der Waals surface area contributed by atoms with Crippen LogP contribution in [-0.4, -0.2) is 18.8 Å². The number of hydrogen-bond donors (Lipinski definition) is 2. The van der Waals surface area contributed by atoms with Gasteiger partial charge in [-0.2, -0.15) is 0 Å². The lowest BCUT2D eigenvalue weighted by Gasteiger charge is -2.10. The molecule has 1 rings (SSSR count). The molecule has 0 spiro atoms. The fraction of sp³-hybridized carbons (Fsp3) is 0.333. The summed E-state index contributed by atoms with van der Waals surface area (Å²) in [5.41, 5.74) is 6.12. The van der Waals surface area contributed by atoms with Crippen LogP contribution in [0.15, 0.2) is 22.7 Å². The highest BCUT2D eigenvalue weighted by Gasteiger charge is 2.07. The van der Waals surface area contributed by atoms with Gasteiger partial charge in [0, 0.05) is 6.54 Å². The minimum absolute atomic E-state index is 0. The predicted molar refractivity (Wildman–Crippen MR) is 62.0 cm³/mol. The summed E-state index contributed by atoms with van der Waals surface area (Å²) < 4.78 is 5.87. The predicted octanol–water partition coefficient (Wildman–Crippen LogP) is 1.87. The Morgan fingerprint density at radius 1 is 1.57 bits per heavy atom. The van der Waals surface area contributed by atoms with Gasteiger partial charge in [0.1, 0.15) is 5.75 Å². The number of halogens is 2. The second-order valence-corrected chi connectivity index (χ2v) is 3.50. The molecule has 14 heavy (non-hydrogen) atoms. The molecule has 0 radical (unpaired) electrons. The van der Waals surface area contributed by atoms with Crippen molar-refractivity contribution in [3.8, 4) is 5.75 Å². The lowest BCUT2D eigenvalue weighted by atomic mass is 10.1. The Bertz CT molecular complexity index is 296. The molecule has 1 atom stereocenters. The maximum atomic E-state index is 9.43. The second kappa shape index (κ2) is 6.24. The third-order valence-corrected chi connectivity index (χ3v) is 2.40. The number of aliphatic hydroxyl groups excluding tert-OH is 1. The van der Waals surface area contributed by atoms with Crippen molar-refractivity contribution in [2.75, 3.05) is 13.7 Å². The number of hydrogen-bond acceptors (Lipinski definition) is 3. The Morgan fingerprint density at radius 2 is 2.21 bits per heavy atom. The molecule has 0 saturated carbocycles. The number of rotatable bonds is 3. The molecule has 3 nitrogen and oxygen atoms in total. The summed E-state index contributed by atoms with van der Waals surface area (Å²) in [5, 5.41) is 9.43. The van der Waals surface area contributed by atoms with Gasteiger partial charge < -0.3 is 15.6 Å². The molecule has 5 heteroatoms. The molecule has 0 heterocycles.